The lowest BCUT2D eigenvalue weighted by molar-refractivity contribution is -0.139. The van der Waals surface area contributed by atoms with E-state index in [1.807, 2.05) is 0 Å². The van der Waals surface area contributed by atoms with Gasteiger partial charge in [0.05, 0.1) is 23.7 Å². The van der Waals surface area contributed by atoms with Crippen molar-refractivity contribution < 1.29 is 23.1 Å². The Labute approximate surface area is 109 Å². The quantitative estimate of drug-likeness (QED) is 0.693. The van der Waals surface area contributed by atoms with E-state index >= 15 is 0 Å². The van der Waals surface area contributed by atoms with Crippen molar-refractivity contribution in [3.05, 3.63) is 24.0 Å². The fraction of sp³-hybridized carbons (Fsp3) is 0.400. The van der Waals surface area contributed by atoms with Gasteiger partial charge in [-0.15, -0.1) is 0 Å². The van der Waals surface area contributed by atoms with E-state index in [2.05, 4.69) is 15.5 Å². The van der Waals surface area contributed by atoms with E-state index in [4.69, 9.17) is 5.11 Å². The standard InChI is InChI=1S/C10H13N3O5S/c1-19(17,18)5-3-8(10(15)16)13-9(14)7-2-4-11-12-6-7/h2,4,6,8H,3,5H2,1H3,(H,13,14)(H,15,16). The zero-order chi connectivity index (χ0) is 14.5. The van der Waals surface area contributed by atoms with Crippen molar-refractivity contribution in [1.82, 2.24) is 15.5 Å². The molecule has 104 valence electrons. The molecule has 1 amide bonds. The van der Waals surface area contributed by atoms with Gasteiger partial charge in [-0.25, -0.2) is 13.2 Å². The molecule has 8 nitrogen and oxygen atoms in total. The number of sulfone groups is 1. The molecule has 0 aromatic carbocycles. The minimum absolute atomic E-state index is 0.153. The minimum Gasteiger partial charge on any atom is -0.480 e. The maximum absolute atomic E-state index is 11.7. The molecule has 0 saturated carbocycles. The topological polar surface area (TPSA) is 126 Å². The molecule has 0 aliphatic rings. The summed E-state index contributed by atoms with van der Waals surface area (Å²) in [5, 5.41) is 18.1. The highest BCUT2D eigenvalue weighted by Gasteiger charge is 2.22. The highest BCUT2D eigenvalue weighted by atomic mass is 32.2. The van der Waals surface area contributed by atoms with Gasteiger partial charge in [0.15, 0.2) is 0 Å². The number of aromatic nitrogens is 2. The summed E-state index contributed by atoms with van der Waals surface area (Å²) in [5.41, 5.74) is 0.153. The Bertz CT molecular complexity index is 558. The minimum atomic E-state index is -3.29. The monoisotopic (exact) mass is 287 g/mol. The van der Waals surface area contributed by atoms with Gasteiger partial charge < -0.3 is 10.4 Å². The van der Waals surface area contributed by atoms with Crippen molar-refractivity contribution >= 4 is 21.7 Å². The number of carboxylic acids is 1. The Hall–Kier alpha value is -2.03. The van der Waals surface area contributed by atoms with E-state index in [0.717, 1.165) is 6.26 Å². The predicted octanol–water partition coefficient (Wildman–Crippen LogP) is -0.906. The zero-order valence-electron chi connectivity index (χ0n) is 10.1. The van der Waals surface area contributed by atoms with Crippen LogP contribution >= 0.6 is 0 Å². The second-order valence-corrected chi connectivity index (χ2v) is 6.17. The van der Waals surface area contributed by atoms with Gasteiger partial charge in [-0.2, -0.15) is 10.2 Å². The summed E-state index contributed by atoms with van der Waals surface area (Å²) >= 11 is 0. The first-order valence-corrected chi connectivity index (χ1v) is 7.34. The first kappa shape index (κ1) is 15.0. The van der Waals surface area contributed by atoms with Gasteiger partial charge in [0.25, 0.3) is 5.91 Å². The number of hydrogen-bond donors (Lipinski definition) is 2. The van der Waals surface area contributed by atoms with Crippen molar-refractivity contribution in [3.63, 3.8) is 0 Å². The van der Waals surface area contributed by atoms with Crippen LogP contribution in [0.15, 0.2) is 18.5 Å². The van der Waals surface area contributed by atoms with Crippen LogP contribution in [-0.4, -0.2) is 53.6 Å². The van der Waals surface area contributed by atoms with Gasteiger partial charge in [-0.3, -0.25) is 4.79 Å². The van der Waals surface area contributed by atoms with E-state index in [1.54, 1.807) is 0 Å². The maximum atomic E-state index is 11.7. The number of hydrogen-bond acceptors (Lipinski definition) is 6. The summed E-state index contributed by atoms with van der Waals surface area (Å²) in [5.74, 6) is -2.26. The Kier molecular flexibility index (Phi) is 4.93. The fourth-order valence-electron chi connectivity index (χ4n) is 1.26. The van der Waals surface area contributed by atoms with Crippen LogP contribution in [-0.2, 0) is 14.6 Å². The highest BCUT2D eigenvalue weighted by Crippen LogP contribution is 2.00. The molecule has 0 aliphatic carbocycles. The molecule has 0 fully saturated rings. The number of nitrogens with zero attached hydrogens (tertiary/aromatic N) is 2. The molecule has 19 heavy (non-hydrogen) atoms. The summed E-state index contributed by atoms with van der Waals surface area (Å²) in [6, 6.07) is 0.105. The molecule has 1 heterocycles. The molecule has 0 bridgehead atoms. The zero-order valence-corrected chi connectivity index (χ0v) is 10.9. The van der Waals surface area contributed by atoms with Gasteiger partial charge >= 0.3 is 5.97 Å². The Morgan fingerprint density at radius 3 is 2.58 bits per heavy atom. The summed E-state index contributed by atoms with van der Waals surface area (Å²) < 4.78 is 22.0. The summed E-state index contributed by atoms with van der Waals surface area (Å²) in [6.07, 6.45) is 3.28. The van der Waals surface area contributed by atoms with E-state index in [9.17, 15) is 18.0 Å². The normalized spacial score (nSPS) is 12.7. The average molecular weight is 287 g/mol. The molecule has 0 aliphatic heterocycles. The van der Waals surface area contributed by atoms with Crippen LogP contribution in [0.4, 0.5) is 0 Å². The Balaban J connectivity index is 2.69. The van der Waals surface area contributed by atoms with Gasteiger partial charge in [0.2, 0.25) is 0 Å². The lowest BCUT2D eigenvalue weighted by Gasteiger charge is -2.13. The Morgan fingerprint density at radius 2 is 2.11 bits per heavy atom. The smallest absolute Gasteiger partial charge is 0.326 e. The van der Waals surface area contributed by atoms with E-state index < -0.39 is 27.8 Å². The van der Waals surface area contributed by atoms with Crippen molar-refractivity contribution in [2.24, 2.45) is 0 Å². The van der Waals surface area contributed by atoms with Crippen LogP contribution in [0.1, 0.15) is 16.8 Å². The largest absolute Gasteiger partial charge is 0.480 e. The molecule has 1 aromatic heterocycles. The second-order valence-electron chi connectivity index (χ2n) is 3.91. The molecule has 0 saturated heterocycles. The molecule has 1 aromatic rings. The molecular weight excluding hydrogens is 274 g/mol. The van der Waals surface area contributed by atoms with Crippen LogP contribution in [0, 0.1) is 0 Å². The van der Waals surface area contributed by atoms with Crippen LogP contribution in [0.25, 0.3) is 0 Å². The SMILES string of the molecule is CS(=O)(=O)CCC(NC(=O)c1ccnnc1)C(=O)O. The molecule has 0 spiro atoms. The molecule has 1 rings (SSSR count). The lowest BCUT2D eigenvalue weighted by Crippen LogP contribution is -2.41. The Morgan fingerprint density at radius 1 is 1.42 bits per heavy atom. The maximum Gasteiger partial charge on any atom is 0.326 e. The third kappa shape index (κ3) is 5.42. The van der Waals surface area contributed by atoms with E-state index in [0.29, 0.717) is 0 Å². The average Bonchev–Trinajstić information content (AvgIpc) is 2.33. The fourth-order valence-corrected chi connectivity index (χ4v) is 1.92. The van der Waals surface area contributed by atoms with Crippen molar-refractivity contribution in [2.75, 3.05) is 12.0 Å². The number of aliphatic carboxylic acids is 1. The molecule has 0 radical (unpaired) electrons. The number of carbonyl (C=O) groups is 2. The van der Waals surface area contributed by atoms with Gasteiger partial charge in [0, 0.05) is 6.26 Å². The van der Waals surface area contributed by atoms with Gasteiger partial charge in [0.1, 0.15) is 15.9 Å². The number of carbonyl (C=O) groups excluding carboxylic acids is 1. The first-order valence-electron chi connectivity index (χ1n) is 5.27. The van der Waals surface area contributed by atoms with Crippen molar-refractivity contribution in [3.8, 4) is 0 Å². The molecular formula is C10H13N3O5S. The van der Waals surface area contributed by atoms with E-state index in [1.165, 1.54) is 18.5 Å². The van der Waals surface area contributed by atoms with E-state index in [-0.39, 0.29) is 17.7 Å². The lowest BCUT2D eigenvalue weighted by atomic mass is 10.2. The summed E-state index contributed by atoms with van der Waals surface area (Å²) in [4.78, 5) is 22.6. The van der Waals surface area contributed by atoms with Crippen LogP contribution < -0.4 is 5.32 Å². The van der Waals surface area contributed by atoms with Crippen molar-refractivity contribution in [2.45, 2.75) is 12.5 Å². The molecule has 9 heteroatoms. The number of amides is 1. The van der Waals surface area contributed by atoms with Crippen LogP contribution in [0.2, 0.25) is 0 Å². The predicted molar refractivity (Wildman–Crippen MR) is 65.2 cm³/mol. The van der Waals surface area contributed by atoms with Gasteiger partial charge in [-0.05, 0) is 12.5 Å². The molecule has 1 atom stereocenters. The van der Waals surface area contributed by atoms with Gasteiger partial charge in [-0.1, -0.05) is 0 Å². The highest BCUT2D eigenvalue weighted by molar-refractivity contribution is 7.90. The number of rotatable bonds is 6. The van der Waals surface area contributed by atoms with Crippen LogP contribution in [0.3, 0.4) is 0 Å². The van der Waals surface area contributed by atoms with Crippen molar-refractivity contribution in [1.29, 1.82) is 0 Å². The first-order chi connectivity index (χ1) is 8.79. The summed E-state index contributed by atoms with van der Waals surface area (Å²) in [7, 11) is -3.29. The third-order valence-corrected chi connectivity index (χ3v) is 3.20. The van der Waals surface area contributed by atoms with Crippen LogP contribution in [0.5, 0.6) is 0 Å². The summed E-state index contributed by atoms with van der Waals surface area (Å²) in [6.45, 7) is 0. The molecule has 1 unspecified atom stereocenters. The number of carboxylic acid groups (broad SMARTS) is 1. The molecule has 2 N–H and O–H groups in total. The third-order valence-electron chi connectivity index (χ3n) is 2.23. The number of nitrogens with one attached hydrogen (secondary N) is 1. The second kappa shape index (κ2) is 6.23.